The number of hydrogen-bond acceptors (Lipinski definition) is 2. The summed E-state index contributed by atoms with van der Waals surface area (Å²) in [5.41, 5.74) is 0.358. The maximum Gasteiger partial charge on any atom is 0.184 e. The number of fused-ring (bicyclic) bond motifs is 1. The van der Waals surface area contributed by atoms with Crippen LogP contribution < -0.4 is 0 Å². The van der Waals surface area contributed by atoms with Gasteiger partial charge in [-0.15, -0.1) is 0 Å². The van der Waals surface area contributed by atoms with E-state index in [1.54, 1.807) is 40.8 Å². The Morgan fingerprint density at radius 2 is 1.87 bits per heavy atom. The first-order chi connectivity index (χ1) is 10.8. The minimum absolute atomic E-state index is 0.0301. The van der Waals surface area contributed by atoms with Crippen LogP contribution in [0.4, 0.5) is 8.78 Å². The Bertz CT molecular complexity index is 1020. The van der Waals surface area contributed by atoms with E-state index in [0.29, 0.717) is 15.9 Å². The zero-order chi connectivity index (χ0) is 16.8. The fourth-order valence-electron chi connectivity index (χ4n) is 2.29. The Balaban J connectivity index is 2.06. The van der Waals surface area contributed by atoms with E-state index in [2.05, 4.69) is 4.98 Å². The van der Waals surface area contributed by atoms with Crippen molar-refractivity contribution in [2.24, 2.45) is 0 Å². The quantitative estimate of drug-likeness (QED) is 0.449. The summed E-state index contributed by atoms with van der Waals surface area (Å²) in [6.45, 7) is 0. The second-order valence-electron chi connectivity index (χ2n) is 4.96. The zero-order valence-electron chi connectivity index (χ0n) is 11.4. The van der Waals surface area contributed by atoms with Crippen molar-refractivity contribution in [1.82, 2.24) is 4.98 Å². The molecule has 0 saturated heterocycles. The number of sulfone groups is 1. The predicted octanol–water partition coefficient (Wildman–Crippen LogP) is 4.68. The third-order valence-electron chi connectivity index (χ3n) is 3.38. The van der Waals surface area contributed by atoms with Crippen molar-refractivity contribution in [3.05, 3.63) is 62.3 Å². The molecule has 3 aromatic rings. The molecule has 0 fully saturated rings. The number of aromatic nitrogens is 1. The molecule has 0 radical (unpaired) electrons. The molecule has 0 aliphatic carbocycles. The zero-order valence-corrected chi connectivity index (χ0v) is 15.1. The fourth-order valence-corrected chi connectivity index (χ4v) is 4.42. The van der Waals surface area contributed by atoms with Gasteiger partial charge in [-0.3, -0.25) is 0 Å². The minimum Gasteiger partial charge on any atom is -0.360 e. The van der Waals surface area contributed by atoms with Gasteiger partial charge in [0.25, 0.3) is 0 Å². The normalized spacial score (nSPS) is 12.0. The smallest absolute Gasteiger partial charge is 0.184 e. The molecule has 0 aliphatic rings. The van der Waals surface area contributed by atoms with Gasteiger partial charge >= 0.3 is 0 Å². The van der Waals surface area contributed by atoms with Crippen LogP contribution in [0.5, 0.6) is 0 Å². The van der Waals surface area contributed by atoms with Gasteiger partial charge in [-0.2, -0.15) is 0 Å². The fraction of sp³-hybridized carbons (Fsp3) is 0.0667. The molecule has 0 saturated carbocycles. The van der Waals surface area contributed by atoms with Crippen LogP contribution >= 0.6 is 34.2 Å². The van der Waals surface area contributed by atoms with Gasteiger partial charge in [0.1, 0.15) is 11.6 Å². The SMILES string of the molecule is O=S(=O)(Cc1cc(F)c(I)cc1F)c1c[nH]c2cc(Cl)ccc12. The molecule has 8 heteroatoms. The van der Waals surface area contributed by atoms with Crippen molar-refractivity contribution in [2.75, 3.05) is 0 Å². The first-order valence-electron chi connectivity index (χ1n) is 6.41. The van der Waals surface area contributed by atoms with Crippen molar-refractivity contribution in [3.63, 3.8) is 0 Å². The van der Waals surface area contributed by atoms with Crippen molar-refractivity contribution < 1.29 is 17.2 Å². The van der Waals surface area contributed by atoms with Crippen molar-refractivity contribution >= 4 is 54.9 Å². The van der Waals surface area contributed by atoms with Gasteiger partial charge in [-0.05, 0) is 46.9 Å². The van der Waals surface area contributed by atoms with E-state index in [-0.39, 0.29) is 14.0 Å². The van der Waals surface area contributed by atoms with Crippen LogP contribution in [0.2, 0.25) is 5.02 Å². The topological polar surface area (TPSA) is 49.9 Å². The molecule has 120 valence electrons. The van der Waals surface area contributed by atoms with Gasteiger partial charge in [0.2, 0.25) is 0 Å². The number of aromatic amines is 1. The molecule has 1 N–H and O–H groups in total. The minimum atomic E-state index is -3.85. The van der Waals surface area contributed by atoms with Gasteiger partial charge < -0.3 is 4.98 Å². The third-order valence-corrected chi connectivity index (χ3v) is 6.14. The van der Waals surface area contributed by atoms with Crippen LogP contribution in [0.3, 0.4) is 0 Å². The summed E-state index contributed by atoms with van der Waals surface area (Å²) >= 11 is 7.51. The highest BCUT2D eigenvalue weighted by Crippen LogP contribution is 2.28. The standard InChI is InChI=1S/C15H9ClF2INO2S/c16-9-1-2-10-14(4-9)20-6-15(10)23(21,22)7-8-3-12(18)13(19)5-11(8)17/h1-6,20H,7H2. The molecule has 3 nitrogen and oxygen atoms in total. The summed E-state index contributed by atoms with van der Waals surface area (Å²) in [6, 6.07) is 6.64. The number of benzene rings is 2. The Labute approximate surface area is 149 Å². The van der Waals surface area contributed by atoms with Crippen LogP contribution in [0.15, 0.2) is 41.4 Å². The molecular weight excluding hydrogens is 459 g/mol. The Hall–Kier alpha value is -1.19. The average Bonchev–Trinajstić information content (AvgIpc) is 2.88. The highest BCUT2D eigenvalue weighted by Gasteiger charge is 2.22. The maximum atomic E-state index is 13.9. The Morgan fingerprint density at radius 1 is 1.13 bits per heavy atom. The van der Waals surface area contributed by atoms with Crippen LogP contribution in [0.25, 0.3) is 10.9 Å². The van der Waals surface area contributed by atoms with Crippen molar-refractivity contribution in [2.45, 2.75) is 10.6 Å². The summed E-state index contributed by atoms with van der Waals surface area (Å²) in [4.78, 5) is 2.85. The lowest BCUT2D eigenvalue weighted by Crippen LogP contribution is -2.07. The number of rotatable bonds is 3. The molecule has 0 atom stereocenters. The van der Waals surface area contributed by atoms with Gasteiger partial charge in [-0.1, -0.05) is 17.7 Å². The van der Waals surface area contributed by atoms with Gasteiger partial charge in [-0.25, -0.2) is 17.2 Å². The highest BCUT2D eigenvalue weighted by atomic mass is 127. The molecule has 0 spiro atoms. The van der Waals surface area contributed by atoms with E-state index in [0.717, 1.165) is 12.1 Å². The number of H-pyrrole nitrogens is 1. The molecule has 2 aromatic carbocycles. The Morgan fingerprint density at radius 3 is 2.61 bits per heavy atom. The van der Waals surface area contributed by atoms with Crippen LogP contribution in [-0.4, -0.2) is 13.4 Å². The maximum absolute atomic E-state index is 13.9. The number of hydrogen-bond donors (Lipinski definition) is 1. The highest BCUT2D eigenvalue weighted by molar-refractivity contribution is 14.1. The second kappa shape index (κ2) is 6.03. The molecule has 23 heavy (non-hydrogen) atoms. The summed E-state index contributed by atoms with van der Waals surface area (Å²) in [6.07, 6.45) is 1.33. The lowest BCUT2D eigenvalue weighted by atomic mass is 10.2. The molecule has 1 aromatic heterocycles. The number of halogens is 4. The first kappa shape index (κ1) is 16.7. The van der Waals surface area contributed by atoms with Crippen molar-refractivity contribution in [3.8, 4) is 0 Å². The summed E-state index contributed by atoms with van der Waals surface area (Å²) in [7, 11) is -3.85. The van der Waals surface area contributed by atoms with Crippen LogP contribution in [0, 0.1) is 15.2 Å². The van der Waals surface area contributed by atoms with E-state index in [1.807, 2.05) is 0 Å². The van der Waals surface area contributed by atoms with Crippen LogP contribution in [-0.2, 0) is 15.6 Å². The predicted molar refractivity (Wildman–Crippen MR) is 93.3 cm³/mol. The molecule has 0 amide bonds. The van der Waals surface area contributed by atoms with Crippen LogP contribution in [0.1, 0.15) is 5.56 Å². The number of nitrogens with one attached hydrogen (secondary N) is 1. The van der Waals surface area contributed by atoms with Crippen molar-refractivity contribution in [1.29, 1.82) is 0 Å². The molecule has 1 heterocycles. The van der Waals surface area contributed by atoms with Gasteiger partial charge in [0.15, 0.2) is 9.84 Å². The van der Waals surface area contributed by atoms with E-state index in [9.17, 15) is 17.2 Å². The second-order valence-corrected chi connectivity index (χ2v) is 8.52. The monoisotopic (exact) mass is 467 g/mol. The van der Waals surface area contributed by atoms with Gasteiger partial charge in [0.05, 0.1) is 14.2 Å². The summed E-state index contributed by atoms with van der Waals surface area (Å²) < 4.78 is 52.7. The van der Waals surface area contributed by atoms with E-state index < -0.39 is 27.2 Å². The average molecular weight is 468 g/mol. The Kier molecular flexibility index (Phi) is 4.37. The lowest BCUT2D eigenvalue weighted by Gasteiger charge is -2.06. The lowest BCUT2D eigenvalue weighted by molar-refractivity contribution is 0.575. The van der Waals surface area contributed by atoms with E-state index in [1.165, 1.54) is 6.20 Å². The summed E-state index contributed by atoms with van der Waals surface area (Å²) in [5, 5.41) is 0.926. The van der Waals surface area contributed by atoms with E-state index in [4.69, 9.17) is 11.6 Å². The molecular formula is C15H9ClF2INO2S. The molecule has 3 rings (SSSR count). The molecule has 0 unspecified atom stereocenters. The van der Waals surface area contributed by atoms with Gasteiger partial charge in [0, 0.05) is 27.7 Å². The molecule has 0 bridgehead atoms. The summed E-state index contributed by atoms with van der Waals surface area (Å²) in [5.74, 6) is -2.02. The molecule has 0 aliphatic heterocycles. The largest absolute Gasteiger partial charge is 0.360 e. The first-order valence-corrected chi connectivity index (χ1v) is 9.51. The third kappa shape index (κ3) is 3.22. The van der Waals surface area contributed by atoms with E-state index >= 15 is 0 Å².